The lowest BCUT2D eigenvalue weighted by Gasteiger charge is -2.03. The zero-order valence-corrected chi connectivity index (χ0v) is 6.13. The van der Waals surface area contributed by atoms with Crippen molar-refractivity contribution in [3.8, 4) is 5.75 Å². The van der Waals surface area contributed by atoms with Crippen molar-refractivity contribution in [2.75, 3.05) is 7.04 Å². The largest absolute Gasteiger partial charge is 0.496 e. The topological polar surface area (TPSA) is 26.3 Å². The Balaban J connectivity index is 3.02. The molecule has 0 aliphatic carbocycles. The molecule has 2 nitrogen and oxygen atoms in total. The predicted octanol–water partition coefficient (Wildman–Crippen LogP) is 1.90. The summed E-state index contributed by atoms with van der Waals surface area (Å²) in [7, 11) is -2.52. The van der Waals surface area contributed by atoms with Gasteiger partial charge in [0.15, 0.2) is 5.78 Å². The molecule has 11 heavy (non-hydrogen) atoms. The number of hydrogen-bond acceptors (Lipinski definition) is 2. The van der Waals surface area contributed by atoms with Gasteiger partial charge in [0, 0.05) is 0 Å². The van der Waals surface area contributed by atoms with Crippen LogP contribution in [0.4, 0.5) is 0 Å². The van der Waals surface area contributed by atoms with E-state index in [9.17, 15) is 4.79 Å². The van der Waals surface area contributed by atoms with Crippen LogP contribution in [0.1, 0.15) is 21.4 Å². The van der Waals surface area contributed by atoms with Crippen molar-refractivity contribution in [1.29, 1.82) is 0 Å². The fourth-order valence-corrected chi connectivity index (χ4v) is 0.846. The molecule has 0 saturated heterocycles. The van der Waals surface area contributed by atoms with Crippen molar-refractivity contribution in [2.24, 2.45) is 0 Å². The summed E-state index contributed by atoms with van der Waals surface area (Å²) in [6, 6.07) is 6.27. The average Bonchev–Trinajstić information content (AvgIpc) is 2.01. The molecule has 0 spiro atoms. The summed E-state index contributed by atoms with van der Waals surface area (Å²) >= 11 is 0. The van der Waals surface area contributed by atoms with Gasteiger partial charge in [-0.2, -0.15) is 0 Å². The van der Waals surface area contributed by atoms with Gasteiger partial charge in [-0.25, -0.2) is 0 Å². The van der Waals surface area contributed by atoms with Crippen molar-refractivity contribution in [3.63, 3.8) is 0 Å². The van der Waals surface area contributed by atoms with Gasteiger partial charge in [0.05, 0.1) is 16.7 Å². The molecule has 0 heterocycles. The van der Waals surface area contributed by atoms with E-state index in [0.29, 0.717) is 0 Å². The van der Waals surface area contributed by atoms with Crippen molar-refractivity contribution in [1.82, 2.24) is 0 Å². The van der Waals surface area contributed by atoms with Crippen molar-refractivity contribution in [3.05, 3.63) is 29.8 Å². The van der Waals surface area contributed by atoms with E-state index in [2.05, 4.69) is 4.74 Å². The molecule has 0 radical (unpaired) electrons. The number of benzene rings is 1. The molecule has 1 aromatic rings. The Bertz CT molecular complexity index is 344. The highest BCUT2D eigenvalue weighted by Crippen LogP contribution is 2.16. The Kier molecular flexibility index (Phi) is 1.32. The zero-order valence-electron chi connectivity index (χ0n) is 9.13. The van der Waals surface area contributed by atoms with E-state index in [0.717, 1.165) is 0 Å². The van der Waals surface area contributed by atoms with E-state index in [-0.39, 0.29) is 17.1 Å². The average molecular weight is 153 g/mol. The number of Topliss-reactive ketones (excluding diaryl/α,β-unsaturated/α-hetero) is 1. The van der Waals surface area contributed by atoms with Gasteiger partial charge in [0.25, 0.3) is 0 Å². The minimum atomic E-state index is -2.52. The first-order valence-electron chi connectivity index (χ1n) is 4.69. The minimum absolute atomic E-state index is 0.0972. The van der Waals surface area contributed by atoms with Crippen LogP contribution in [0.3, 0.4) is 0 Å². The standard InChI is InChI=1S/C9H10O2/c1-7(10)8-5-3-4-6-9(8)11-2/h3-6H,1-2H3/i2D3. The molecule has 58 valence electrons. The molecule has 0 aliphatic heterocycles. The second kappa shape index (κ2) is 3.19. The smallest absolute Gasteiger partial charge is 0.163 e. The van der Waals surface area contributed by atoms with Crippen LogP contribution in [0.2, 0.25) is 0 Å². The lowest BCUT2D eigenvalue weighted by molar-refractivity contribution is 0.101. The van der Waals surface area contributed by atoms with E-state index in [1.807, 2.05) is 0 Å². The Morgan fingerprint density at radius 1 is 1.55 bits per heavy atom. The Morgan fingerprint density at radius 3 is 2.91 bits per heavy atom. The fraction of sp³-hybridized carbons (Fsp3) is 0.222. The normalized spacial score (nSPS) is 14.5. The van der Waals surface area contributed by atoms with Gasteiger partial charge in [-0.15, -0.1) is 0 Å². The molecule has 0 aliphatic rings. The van der Waals surface area contributed by atoms with Crippen molar-refractivity contribution >= 4 is 5.78 Å². The van der Waals surface area contributed by atoms with Crippen molar-refractivity contribution in [2.45, 2.75) is 6.92 Å². The summed E-state index contributed by atoms with van der Waals surface area (Å²) in [5, 5.41) is 0. The number of rotatable bonds is 2. The van der Waals surface area contributed by atoms with Crippen molar-refractivity contribution < 1.29 is 13.6 Å². The van der Waals surface area contributed by atoms with Gasteiger partial charge in [0.1, 0.15) is 5.75 Å². The number of para-hydroxylation sites is 1. The quantitative estimate of drug-likeness (QED) is 0.606. The second-order valence-electron chi connectivity index (χ2n) is 2.15. The summed E-state index contributed by atoms with van der Waals surface area (Å²) in [4.78, 5) is 11.1. The Hall–Kier alpha value is -1.31. The van der Waals surface area contributed by atoms with Crippen LogP contribution in [-0.2, 0) is 0 Å². The monoisotopic (exact) mass is 153 g/mol. The van der Waals surface area contributed by atoms with Crippen LogP contribution in [0.5, 0.6) is 5.75 Å². The van der Waals surface area contributed by atoms with E-state index in [1.165, 1.54) is 19.1 Å². The lowest BCUT2D eigenvalue weighted by atomic mass is 10.1. The second-order valence-corrected chi connectivity index (χ2v) is 2.15. The summed E-state index contributed by atoms with van der Waals surface area (Å²) in [5.74, 6) is -0.121. The zero-order chi connectivity index (χ0) is 10.8. The highest BCUT2D eigenvalue weighted by molar-refractivity contribution is 5.96. The molecule has 0 bridgehead atoms. The molecule has 2 heteroatoms. The molecular formula is C9H10O2. The molecule has 0 aromatic heterocycles. The van der Waals surface area contributed by atoms with Gasteiger partial charge in [-0.05, 0) is 19.1 Å². The first-order valence-corrected chi connectivity index (χ1v) is 3.19. The predicted molar refractivity (Wildman–Crippen MR) is 43.0 cm³/mol. The summed E-state index contributed by atoms with van der Waals surface area (Å²) in [5.41, 5.74) is 0.281. The van der Waals surface area contributed by atoms with Crippen LogP contribution in [0.25, 0.3) is 0 Å². The van der Waals surface area contributed by atoms with Crippen LogP contribution < -0.4 is 4.74 Å². The van der Waals surface area contributed by atoms with E-state index in [4.69, 9.17) is 4.11 Å². The van der Waals surface area contributed by atoms with Gasteiger partial charge < -0.3 is 4.74 Å². The fourth-order valence-electron chi connectivity index (χ4n) is 0.846. The minimum Gasteiger partial charge on any atom is -0.496 e. The summed E-state index contributed by atoms with van der Waals surface area (Å²) in [6.45, 7) is 1.36. The highest BCUT2D eigenvalue weighted by Gasteiger charge is 2.04. The Labute approximate surface area is 70.0 Å². The van der Waals surface area contributed by atoms with Gasteiger partial charge in [0.2, 0.25) is 0 Å². The third-order valence-electron chi connectivity index (χ3n) is 1.38. The maximum atomic E-state index is 11.1. The highest BCUT2D eigenvalue weighted by atomic mass is 16.5. The third kappa shape index (κ3) is 1.58. The number of ether oxygens (including phenoxy) is 1. The number of ketones is 1. The lowest BCUT2D eigenvalue weighted by Crippen LogP contribution is -1.96. The van der Waals surface area contributed by atoms with E-state index < -0.39 is 7.04 Å². The maximum absolute atomic E-state index is 11.1. The molecule has 0 unspecified atom stereocenters. The number of methoxy groups -OCH3 is 1. The van der Waals surface area contributed by atoms with Gasteiger partial charge in [-0.3, -0.25) is 4.79 Å². The van der Waals surface area contributed by atoms with Crippen LogP contribution in [-0.4, -0.2) is 12.8 Å². The van der Waals surface area contributed by atoms with E-state index >= 15 is 0 Å². The van der Waals surface area contributed by atoms with Gasteiger partial charge in [-0.1, -0.05) is 12.1 Å². The summed E-state index contributed by atoms with van der Waals surface area (Å²) in [6.07, 6.45) is 0. The number of carbonyl (C=O) groups is 1. The molecule has 0 fully saturated rings. The molecule has 0 N–H and O–H groups in total. The first-order chi connectivity index (χ1) is 6.40. The maximum Gasteiger partial charge on any atom is 0.163 e. The number of carbonyl (C=O) groups excluding carboxylic acids is 1. The first kappa shape index (κ1) is 4.54. The third-order valence-corrected chi connectivity index (χ3v) is 1.38. The Morgan fingerprint density at radius 2 is 2.27 bits per heavy atom. The SMILES string of the molecule is [2H]C([2H])([2H])Oc1ccccc1C(C)=O. The molecule has 0 amide bonds. The molecular weight excluding hydrogens is 140 g/mol. The molecule has 1 aromatic carbocycles. The van der Waals surface area contributed by atoms with Gasteiger partial charge >= 0.3 is 0 Å². The van der Waals surface area contributed by atoms with E-state index in [1.54, 1.807) is 12.1 Å². The molecule has 0 atom stereocenters. The summed E-state index contributed by atoms with van der Waals surface area (Å²) < 4.78 is 25.4. The van der Waals surface area contributed by atoms with Crippen LogP contribution in [0.15, 0.2) is 24.3 Å². The molecule has 1 rings (SSSR count). The van der Waals surface area contributed by atoms with Crippen LogP contribution >= 0.6 is 0 Å². The number of hydrogen-bond donors (Lipinski definition) is 0. The van der Waals surface area contributed by atoms with Crippen LogP contribution in [0, 0.1) is 0 Å². The molecule has 0 saturated carbocycles.